The smallest absolute Gasteiger partial charge is 0.410 e. The van der Waals surface area contributed by atoms with Crippen LogP contribution in [-0.4, -0.2) is 64.4 Å². The van der Waals surface area contributed by atoms with Gasteiger partial charge in [-0.3, -0.25) is 4.90 Å². The number of rotatable bonds is 1. The van der Waals surface area contributed by atoms with Gasteiger partial charge < -0.3 is 14.7 Å². The number of ether oxygens (including phenoxy) is 1. The maximum Gasteiger partial charge on any atom is 0.410 e. The Labute approximate surface area is 102 Å². The van der Waals surface area contributed by atoms with Gasteiger partial charge in [0.25, 0.3) is 0 Å². The fourth-order valence-corrected chi connectivity index (χ4v) is 2.25. The van der Waals surface area contributed by atoms with Gasteiger partial charge in [0, 0.05) is 32.2 Å². The number of nitrogens with zero attached hydrogens (tertiary/aromatic N) is 2. The third-order valence-electron chi connectivity index (χ3n) is 3.12. The predicted molar refractivity (Wildman–Crippen MR) is 63.8 cm³/mol. The number of likely N-dealkylation sites (tertiary alicyclic amines) is 2. The van der Waals surface area contributed by atoms with Crippen LogP contribution < -0.4 is 0 Å². The Morgan fingerprint density at radius 3 is 2.29 bits per heavy atom. The molecule has 0 atom stereocenters. The Bertz CT molecular complexity index is 308. The molecule has 0 unspecified atom stereocenters. The molecule has 1 amide bonds. The summed E-state index contributed by atoms with van der Waals surface area (Å²) in [6, 6.07) is 0.391. The van der Waals surface area contributed by atoms with Crippen molar-refractivity contribution in [3.05, 3.63) is 0 Å². The quantitative estimate of drug-likeness (QED) is 0.734. The minimum Gasteiger partial charge on any atom is -0.444 e. The highest BCUT2D eigenvalue weighted by Gasteiger charge is 2.45. The molecule has 98 valence electrons. The first kappa shape index (κ1) is 12.6. The van der Waals surface area contributed by atoms with Gasteiger partial charge in [0.15, 0.2) is 0 Å². The molecule has 2 fully saturated rings. The van der Waals surface area contributed by atoms with Crippen molar-refractivity contribution >= 4 is 6.09 Å². The largest absolute Gasteiger partial charge is 0.444 e. The van der Waals surface area contributed by atoms with Crippen molar-refractivity contribution in [2.24, 2.45) is 0 Å². The summed E-state index contributed by atoms with van der Waals surface area (Å²) in [5.74, 6) is 0. The zero-order valence-electron chi connectivity index (χ0n) is 11.1. The van der Waals surface area contributed by atoms with E-state index in [1.807, 2.05) is 27.7 Å². The molecular weight excluding hydrogens is 220 g/mol. The molecule has 2 rings (SSSR count). The van der Waals surface area contributed by atoms with E-state index in [2.05, 4.69) is 4.90 Å². The van der Waals surface area contributed by atoms with Crippen LogP contribution in [0.4, 0.5) is 4.79 Å². The monoisotopic (exact) mass is 242 g/mol. The zero-order valence-corrected chi connectivity index (χ0v) is 11.1. The minimum absolute atomic E-state index is 0.235. The molecule has 1 N–H and O–H groups in total. The van der Waals surface area contributed by atoms with Gasteiger partial charge in [-0.15, -0.1) is 0 Å². The Balaban J connectivity index is 1.71. The van der Waals surface area contributed by atoms with E-state index in [1.54, 1.807) is 4.90 Å². The van der Waals surface area contributed by atoms with Crippen molar-refractivity contribution in [1.29, 1.82) is 0 Å². The van der Waals surface area contributed by atoms with Crippen LogP contribution in [0.3, 0.4) is 0 Å². The topological polar surface area (TPSA) is 53.0 Å². The molecule has 2 aliphatic rings. The normalized spacial score (nSPS) is 25.1. The van der Waals surface area contributed by atoms with E-state index in [1.165, 1.54) is 0 Å². The highest BCUT2D eigenvalue weighted by Crippen LogP contribution is 2.27. The number of hydrogen-bond donors (Lipinski definition) is 1. The van der Waals surface area contributed by atoms with Gasteiger partial charge in [0.05, 0.1) is 5.60 Å². The second kappa shape index (κ2) is 3.85. The van der Waals surface area contributed by atoms with Crippen molar-refractivity contribution < 1.29 is 14.6 Å². The second-order valence-corrected chi connectivity index (χ2v) is 6.44. The molecule has 0 aromatic heterocycles. The van der Waals surface area contributed by atoms with Crippen molar-refractivity contribution in [3.8, 4) is 0 Å². The highest BCUT2D eigenvalue weighted by molar-refractivity contribution is 5.69. The van der Waals surface area contributed by atoms with E-state index in [-0.39, 0.29) is 6.09 Å². The van der Waals surface area contributed by atoms with E-state index in [9.17, 15) is 9.90 Å². The molecule has 0 aromatic rings. The number of aliphatic hydroxyl groups is 1. The summed E-state index contributed by atoms with van der Waals surface area (Å²) in [4.78, 5) is 15.6. The fraction of sp³-hybridized carbons (Fsp3) is 0.917. The lowest BCUT2D eigenvalue weighted by atomic mass is 9.92. The number of β-amino-alcohol motifs (C(OH)–C–C–N with tert-alkyl or cyclic N) is 1. The van der Waals surface area contributed by atoms with Gasteiger partial charge in [-0.25, -0.2) is 4.79 Å². The van der Waals surface area contributed by atoms with Crippen LogP contribution in [-0.2, 0) is 4.74 Å². The van der Waals surface area contributed by atoms with Gasteiger partial charge in [-0.2, -0.15) is 0 Å². The van der Waals surface area contributed by atoms with Crippen LogP contribution in [0, 0.1) is 0 Å². The summed E-state index contributed by atoms with van der Waals surface area (Å²) in [6.45, 7) is 10.3. The molecule has 2 aliphatic heterocycles. The molecular formula is C12H22N2O3. The summed E-state index contributed by atoms with van der Waals surface area (Å²) in [5, 5.41) is 9.63. The lowest BCUT2D eigenvalue weighted by Crippen LogP contribution is -2.71. The summed E-state index contributed by atoms with van der Waals surface area (Å²) >= 11 is 0. The molecule has 17 heavy (non-hydrogen) atoms. The Morgan fingerprint density at radius 2 is 1.88 bits per heavy atom. The van der Waals surface area contributed by atoms with Gasteiger partial charge in [-0.05, 0) is 27.7 Å². The van der Waals surface area contributed by atoms with Gasteiger partial charge in [0.1, 0.15) is 5.60 Å². The lowest BCUT2D eigenvalue weighted by molar-refractivity contribution is -0.126. The first-order chi connectivity index (χ1) is 7.66. The molecule has 2 heterocycles. The van der Waals surface area contributed by atoms with Crippen LogP contribution in [0.5, 0.6) is 0 Å². The van der Waals surface area contributed by atoms with Gasteiger partial charge >= 0.3 is 6.09 Å². The molecule has 0 aromatic carbocycles. The SMILES string of the molecule is CC1(O)CN(C2CN(C(=O)OC(C)(C)C)C2)C1. The minimum atomic E-state index is -0.535. The molecule has 5 nitrogen and oxygen atoms in total. The molecule has 0 radical (unpaired) electrons. The third kappa shape index (κ3) is 2.90. The number of amides is 1. The first-order valence-electron chi connectivity index (χ1n) is 6.11. The van der Waals surface area contributed by atoms with Gasteiger partial charge in [-0.1, -0.05) is 0 Å². The van der Waals surface area contributed by atoms with Crippen LogP contribution in [0.15, 0.2) is 0 Å². The number of carbonyl (C=O) groups is 1. The Kier molecular flexibility index (Phi) is 2.86. The van der Waals surface area contributed by atoms with Crippen LogP contribution >= 0.6 is 0 Å². The molecule has 2 saturated heterocycles. The highest BCUT2D eigenvalue weighted by atomic mass is 16.6. The zero-order chi connectivity index (χ0) is 12.8. The van der Waals surface area contributed by atoms with E-state index >= 15 is 0 Å². The maximum atomic E-state index is 11.7. The molecule has 5 heteroatoms. The van der Waals surface area contributed by atoms with Crippen molar-refractivity contribution in [3.63, 3.8) is 0 Å². The molecule has 0 saturated carbocycles. The molecule has 0 aliphatic carbocycles. The van der Waals surface area contributed by atoms with E-state index in [4.69, 9.17) is 4.74 Å². The van der Waals surface area contributed by atoms with Crippen molar-refractivity contribution in [2.45, 2.75) is 44.9 Å². The number of hydrogen-bond acceptors (Lipinski definition) is 4. The van der Waals surface area contributed by atoms with Crippen LogP contribution in [0.1, 0.15) is 27.7 Å². The summed E-state index contributed by atoms with van der Waals surface area (Å²) < 4.78 is 5.28. The second-order valence-electron chi connectivity index (χ2n) is 6.44. The third-order valence-corrected chi connectivity index (χ3v) is 3.12. The van der Waals surface area contributed by atoms with E-state index < -0.39 is 11.2 Å². The van der Waals surface area contributed by atoms with Crippen molar-refractivity contribution in [2.75, 3.05) is 26.2 Å². The van der Waals surface area contributed by atoms with Crippen LogP contribution in [0.25, 0.3) is 0 Å². The van der Waals surface area contributed by atoms with Crippen LogP contribution in [0.2, 0.25) is 0 Å². The van der Waals surface area contributed by atoms with Crippen molar-refractivity contribution in [1.82, 2.24) is 9.80 Å². The summed E-state index contributed by atoms with van der Waals surface area (Å²) in [6.07, 6.45) is -0.235. The van der Waals surface area contributed by atoms with E-state index in [0.29, 0.717) is 32.2 Å². The summed E-state index contributed by atoms with van der Waals surface area (Å²) in [7, 11) is 0. The molecule has 0 bridgehead atoms. The average Bonchev–Trinajstić information content (AvgIpc) is 1.93. The maximum absolute atomic E-state index is 11.7. The van der Waals surface area contributed by atoms with E-state index in [0.717, 1.165) is 0 Å². The molecule has 0 spiro atoms. The predicted octanol–water partition coefficient (Wildman–Crippen LogP) is 0.672. The first-order valence-corrected chi connectivity index (χ1v) is 6.11. The fourth-order valence-electron chi connectivity index (χ4n) is 2.25. The number of carbonyl (C=O) groups excluding carboxylic acids is 1. The average molecular weight is 242 g/mol. The lowest BCUT2D eigenvalue weighted by Gasteiger charge is -2.54. The Morgan fingerprint density at radius 1 is 1.35 bits per heavy atom. The summed E-state index contributed by atoms with van der Waals surface area (Å²) in [5.41, 5.74) is -0.963. The standard InChI is InChI=1S/C12H22N2O3/c1-11(2,3)17-10(15)13-5-9(6-13)14-7-12(4,16)8-14/h9,16H,5-8H2,1-4H3. The van der Waals surface area contributed by atoms with Gasteiger partial charge in [0.2, 0.25) is 0 Å². The Hall–Kier alpha value is -0.810.